The number of nitrogens with one attached hydrogen (secondary N) is 1. The molecule has 0 unspecified atom stereocenters. The van der Waals surface area contributed by atoms with Gasteiger partial charge in [0.25, 0.3) is 0 Å². The third kappa shape index (κ3) is 6.77. The second-order valence-electron chi connectivity index (χ2n) is 5.70. The molecule has 8 heteroatoms. The molecule has 1 heterocycles. The second-order valence-corrected chi connectivity index (χ2v) is 7.76. The quantitative estimate of drug-likeness (QED) is 0.678. The Kier molecular flexibility index (Phi) is 6.71. The predicted molar refractivity (Wildman–Crippen MR) is 93.1 cm³/mol. The monoisotopic (exact) mass is 360 g/mol. The van der Waals surface area contributed by atoms with Gasteiger partial charge in [-0.3, -0.25) is 4.79 Å². The molecule has 7 nitrogen and oxygen atoms in total. The minimum atomic E-state index is -3.54. The number of aryl methyl sites for hydroxylation is 1. The summed E-state index contributed by atoms with van der Waals surface area (Å²) < 4.78 is 26.1. The van der Waals surface area contributed by atoms with E-state index in [1.54, 1.807) is 36.8 Å². The first-order chi connectivity index (χ1) is 12.0. The first kappa shape index (κ1) is 18.7. The van der Waals surface area contributed by atoms with Crippen LogP contribution in [0.2, 0.25) is 0 Å². The van der Waals surface area contributed by atoms with Crippen LogP contribution in [0.5, 0.6) is 0 Å². The van der Waals surface area contributed by atoms with Crippen LogP contribution in [0.25, 0.3) is 0 Å². The van der Waals surface area contributed by atoms with Crippen molar-refractivity contribution in [3.05, 3.63) is 54.1 Å². The third-order valence-electron chi connectivity index (χ3n) is 3.55. The standard InChI is InChI=1S/C17H20N4O3S/c18-11-15-3-5-16(6-4-15)12-25(23,24)13-17(22)20-7-1-2-9-21-10-8-19-14-21/h3-6,8,10,14H,1-2,7,9,12-13H2,(H,20,22). The van der Waals surface area contributed by atoms with Gasteiger partial charge in [-0.1, -0.05) is 12.1 Å². The van der Waals surface area contributed by atoms with E-state index in [2.05, 4.69) is 10.3 Å². The minimum Gasteiger partial charge on any atom is -0.355 e. The molecule has 0 spiro atoms. The van der Waals surface area contributed by atoms with Crippen LogP contribution in [0.3, 0.4) is 0 Å². The van der Waals surface area contributed by atoms with Gasteiger partial charge < -0.3 is 9.88 Å². The molecule has 132 valence electrons. The normalized spacial score (nSPS) is 11.0. The number of imidazole rings is 1. The van der Waals surface area contributed by atoms with Gasteiger partial charge in [0.15, 0.2) is 9.84 Å². The lowest BCUT2D eigenvalue weighted by atomic mass is 10.2. The van der Waals surface area contributed by atoms with Crippen molar-refractivity contribution < 1.29 is 13.2 Å². The molecular formula is C17H20N4O3S. The largest absolute Gasteiger partial charge is 0.355 e. The van der Waals surface area contributed by atoms with Crippen LogP contribution in [0.15, 0.2) is 43.0 Å². The first-order valence-electron chi connectivity index (χ1n) is 7.90. The summed E-state index contributed by atoms with van der Waals surface area (Å²) in [6.45, 7) is 1.26. The van der Waals surface area contributed by atoms with Crippen molar-refractivity contribution in [2.75, 3.05) is 12.3 Å². The first-order valence-corrected chi connectivity index (χ1v) is 9.72. The number of rotatable bonds is 9. The van der Waals surface area contributed by atoms with Crippen molar-refractivity contribution in [3.63, 3.8) is 0 Å². The maximum atomic E-state index is 12.1. The molecule has 2 aromatic rings. The highest BCUT2D eigenvalue weighted by molar-refractivity contribution is 7.91. The van der Waals surface area contributed by atoms with Gasteiger partial charge >= 0.3 is 0 Å². The zero-order valence-electron chi connectivity index (χ0n) is 13.8. The number of carbonyl (C=O) groups excluding carboxylic acids is 1. The molecular weight excluding hydrogens is 340 g/mol. The Morgan fingerprint density at radius 2 is 2.00 bits per heavy atom. The summed E-state index contributed by atoms with van der Waals surface area (Å²) >= 11 is 0. The molecule has 0 bridgehead atoms. The van der Waals surface area contributed by atoms with Gasteiger partial charge in [-0.15, -0.1) is 0 Å². The molecule has 0 aliphatic carbocycles. The maximum Gasteiger partial charge on any atom is 0.235 e. The van der Waals surface area contributed by atoms with E-state index < -0.39 is 21.5 Å². The molecule has 0 aliphatic rings. The molecule has 0 atom stereocenters. The molecule has 0 fully saturated rings. The Bertz CT molecular complexity index is 822. The van der Waals surface area contributed by atoms with Gasteiger partial charge in [0.2, 0.25) is 5.91 Å². The lowest BCUT2D eigenvalue weighted by Crippen LogP contribution is -2.31. The molecule has 0 aliphatic heterocycles. The number of hydrogen-bond donors (Lipinski definition) is 1. The van der Waals surface area contributed by atoms with E-state index in [9.17, 15) is 13.2 Å². The van der Waals surface area contributed by atoms with E-state index in [1.165, 1.54) is 0 Å². The fourth-order valence-electron chi connectivity index (χ4n) is 2.30. The number of unbranched alkanes of at least 4 members (excludes halogenated alkanes) is 1. The lowest BCUT2D eigenvalue weighted by Gasteiger charge is -2.07. The summed E-state index contributed by atoms with van der Waals surface area (Å²) in [5.41, 5.74) is 1.03. The van der Waals surface area contributed by atoms with Crippen LogP contribution in [-0.2, 0) is 26.9 Å². The Labute approximate surface area is 147 Å². The number of carbonyl (C=O) groups is 1. The van der Waals surface area contributed by atoms with Gasteiger partial charge in [-0.25, -0.2) is 13.4 Å². The summed E-state index contributed by atoms with van der Waals surface area (Å²) in [6.07, 6.45) is 6.94. The van der Waals surface area contributed by atoms with Crippen molar-refractivity contribution in [3.8, 4) is 6.07 Å². The zero-order valence-corrected chi connectivity index (χ0v) is 14.6. The summed E-state index contributed by atoms with van der Waals surface area (Å²) in [4.78, 5) is 15.7. The number of hydrogen-bond acceptors (Lipinski definition) is 5. The van der Waals surface area contributed by atoms with E-state index in [0.29, 0.717) is 17.7 Å². The summed E-state index contributed by atoms with van der Waals surface area (Å²) in [7, 11) is -3.54. The molecule has 0 radical (unpaired) electrons. The van der Waals surface area contributed by atoms with Crippen molar-refractivity contribution in [2.24, 2.45) is 0 Å². The lowest BCUT2D eigenvalue weighted by molar-refractivity contribution is -0.118. The van der Waals surface area contributed by atoms with Crippen LogP contribution in [0.4, 0.5) is 0 Å². The molecule has 1 aromatic carbocycles. The minimum absolute atomic E-state index is 0.216. The van der Waals surface area contributed by atoms with Crippen LogP contribution < -0.4 is 5.32 Å². The van der Waals surface area contributed by atoms with E-state index in [-0.39, 0.29) is 5.75 Å². The van der Waals surface area contributed by atoms with E-state index in [0.717, 1.165) is 19.4 Å². The zero-order chi connectivity index (χ0) is 18.1. The molecule has 25 heavy (non-hydrogen) atoms. The van der Waals surface area contributed by atoms with Crippen molar-refractivity contribution in [1.29, 1.82) is 5.26 Å². The van der Waals surface area contributed by atoms with E-state index in [1.807, 2.05) is 16.8 Å². The highest BCUT2D eigenvalue weighted by Gasteiger charge is 2.17. The second kappa shape index (κ2) is 8.99. The van der Waals surface area contributed by atoms with Crippen LogP contribution in [-0.4, -0.2) is 36.2 Å². The Morgan fingerprint density at radius 1 is 1.24 bits per heavy atom. The maximum absolute atomic E-state index is 12.1. The summed E-state index contributed by atoms with van der Waals surface area (Å²) in [5, 5.41) is 11.4. The topological polar surface area (TPSA) is 105 Å². The number of sulfone groups is 1. The fraction of sp³-hybridized carbons (Fsp3) is 0.353. The molecule has 2 rings (SSSR count). The average molecular weight is 360 g/mol. The average Bonchev–Trinajstić information content (AvgIpc) is 3.07. The Balaban J connectivity index is 1.69. The SMILES string of the molecule is N#Cc1ccc(CS(=O)(=O)CC(=O)NCCCCn2ccnc2)cc1. The highest BCUT2D eigenvalue weighted by Crippen LogP contribution is 2.08. The van der Waals surface area contributed by atoms with Crippen molar-refractivity contribution in [2.45, 2.75) is 25.1 Å². The third-order valence-corrected chi connectivity index (χ3v) is 5.02. The predicted octanol–water partition coefficient (Wildman–Crippen LogP) is 1.27. The number of benzene rings is 1. The smallest absolute Gasteiger partial charge is 0.235 e. The summed E-state index contributed by atoms with van der Waals surface area (Å²) in [5.74, 6) is -1.24. The number of amides is 1. The van der Waals surface area contributed by atoms with Gasteiger partial charge in [-0.2, -0.15) is 5.26 Å². The molecule has 1 amide bonds. The number of aromatic nitrogens is 2. The van der Waals surface area contributed by atoms with Gasteiger partial charge in [-0.05, 0) is 30.5 Å². The van der Waals surface area contributed by atoms with Crippen molar-refractivity contribution >= 4 is 15.7 Å². The molecule has 1 aromatic heterocycles. The molecule has 0 saturated heterocycles. The summed E-state index contributed by atoms with van der Waals surface area (Å²) in [6, 6.07) is 8.27. The Hall–Kier alpha value is -2.66. The van der Waals surface area contributed by atoms with Crippen LogP contribution in [0, 0.1) is 11.3 Å². The molecule has 1 N–H and O–H groups in total. The van der Waals surface area contributed by atoms with E-state index >= 15 is 0 Å². The van der Waals surface area contributed by atoms with Gasteiger partial charge in [0.05, 0.1) is 23.7 Å². The Morgan fingerprint density at radius 3 is 2.64 bits per heavy atom. The van der Waals surface area contributed by atoms with Crippen LogP contribution in [0.1, 0.15) is 24.0 Å². The fourth-order valence-corrected chi connectivity index (χ4v) is 3.60. The number of nitrogens with zero attached hydrogens (tertiary/aromatic N) is 3. The number of nitriles is 1. The highest BCUT2D eigenvalue weighted by atomic mass is 32.2. The molecule has 0 saturated carbocycles. The van der Waals surface area contributed by atoms with Gasteiger partial charge in [0.1, 0.15) is 5.75 Å². The van der Waals surface area contributed by atoms with Crippen LogP contribution >= 0.6 is 0 Å². The van der Waals surface area contributed by atoms with Gasteiger partial charge in [0, 0.05) is 25.5 Å². The van der Waals surface area contributed by atoms with Crippen molar-refractivity contribution in [1.82, 2.24) is 14.9 Å². The van der Waals surface area contributed by atoms with E-state index in [4.69, 9.17) is 5.26 Å².